The van der Waals surface area contributed by atoms with Crippen molar-refractivity contribution < 1.29 is 0 Å². The molecule has 0 aromatic carbocycles. The largest absolute Gasteiger partial charge is 0.310 e. The third-order valence-electron chi connectivity index (χ3n) is 5.59. The van der Waals surface area contributed by atoms with E-state index >= 15 is 0 Å². The molecule has 0 aliphatic carbocycles. The van der Waals surface area contributed by atoms with Gasteiger partial charge in [0.2, 0.25) is 0 Å². The van der Waals surface area contributed by atoms with Crippen molar-refractivity contribution in [3.63, 3.8) is 0 Å². The maximum atomic E-state index is 3.81. The average Bonchev–Trinajstić information content (AvgIpc) is 2.86. The van der Waals surface area contributed by atoms with Gasteiger partial charge < -0.3 is 10.6 Å². The van der Waals surface area contributed by atoms with Crippen molar-refractivity contribution in [1.29, 1.82) is 0 Å². The molecule has 2 unspecified atom stereocenters. The van der Waals surface area contributed by atoms with Crippen LogP contribution in [0.1, 0.15) is 60.8 Å². The fraction of sp³-hybridized carbons (Fsp3) is 1.00. The van der Waals surface area contributed by atoms with Crippen molar-refractivity contribution in [2.45, 2.75) is 97.1 Å². The number of hydrogen-bond donors (Lipinski definition) is 2. The molecule has 2 N–H and O–H groups in total. The van der Waals surface area contributed by atoms with Gasteiger partial charge in [0.25, 0.3) is 0 Å². The lowest BCUT2D eigenvalue weighted by molar-refractivity contribution is 0.0847. The third kappa shape index (κ3) is 6.00. The standard InChI is InChI=1S/C19H40N4/c1-14(2)20-18-9-10-22(11-18)17(6)8-7-16(5)21-19-12-23(13-19)15(3)4/h14-21H,7-13H2,1-6H3/t16?,17?,18-/m1/s1. The summed E-state index contributed by atoms with van der Waals surface area (Å²) in [6.45, 7) is 18.8. The van der Waals surface area contributed by atoms with Crippen LogP contribution in [-0.2, 0) is 0 Å². The molecule has 0 radical (unpaired) electrons. The first-order valence-electron chi connectivity index (χ1n) is 9.85. The topological polar surface area (TPSA) is 30.5 Å². The molecule has 0 bridgehead atoms. The Hall–Kier alpha value is -0.160. The molecule has 3 atom stereocenters. The molecule has 136 valence electrons. The van der Waals surface area contributed by atoms with Crippen LogP contribution < -0.4 is 10.6 Å². The number of hydrogen-bond acceptors (Lipinski definition) is 4. The molecule has 2 fully saturated rings. The van der Waals surface area contributed by atoms with Gasteiger partial charge in [-0.2, -0.15) is 0 Å². The molecule has 4 heteroatoms. The van der Waals surface area contributed by atoms with Gasteiger partial charge in [-0.25, -0.2) is 0 Å². The maximum absolute atomic E-state index is 3.81. The van der Waals surface area contributed by atoms with Crippen molar-refractivity contribution in [2.75, 3.05) is 26.2 Å². The Morgan fingerprint density at radius 1 is 0.826 bits per heavy atom. The van der Waals surface area contributed by atoms with Crippen molar-refractivity contribution in [3.8, 4) is 0 Å². The molecule has 0 spiro atoms. The molecule has 2 rings (SSSR count). The molecular weight excluding hydrogens is 284 g/mol. The van der Waals surface area contributed by atoms with Crippen LogP contribution in [0, 0.1) is 0 Å². The first-order chi connectivity index (χ1) is 10.8. The Morgan fingerprint density at radius 2 is 1.48 bits per heavy atom. The zero-order chi connectivity index (χ0) is 17.0. The van der Waals surface area contributed by atoms with Crippen LogP contribution in [-0.4, -0.2) is 72.2 Å². The van der Waals surface area contributed by atoms with E-state index in [0.717, 1.165) is 0 Å². The Bertz CT molecular complexity index is 338. The first-order valence-corrected chi connectivity index (χ1v) is 9.85. The van der Waals surface area contributed by atoms with E-state index in [9.17, 15) is 0 Å². The molecular formula is C19H40N4. The van der Waals surface area contributed by atoms with E-state index in [1.165, 1.54) is 45.4 Å². The Balaban J connectivity index is 1.58. The second-order valence-corrected chi connectivity index (χ2v) is 8.54. The molecule has 23 heavy (non-hydrogen) atoms. The molecule has 2 aliphatic rings. The van der Waals surface area contributed by atoms with Gasteiger partial charge >= 0.3 is 0 Å². The Kier molecular flexibility index (Phi) is 7.33. The number of rotatable bonds is 9. The molecule has 4 nitrogen and oxygen atoms in total. The summed E-state index contributed by atoms with van der Waals surface area (Å²) < 4.78 is 0. The lowest BCUT2D eigenvalue weighted by Crippen LogP contribution is -2.61. The first kappa shape index (κ1) is 19.2. The van der Waals surface area contributed by atoms with Crippen LogP contribution in [0.25, 0.3) is 0 Å². The second kappa shape index (κ2) is 8.80. The third-order valence-corrected chi connectivity index (χ3v) is 5.59. The highest BCUT2D eigenvalue weighted by Gasteiger charge is 2.30. The minimum atomic E-state index is 0.604. The summed E-state index contributed by atoms with van der Waals surface area (Å²) in [7, 11) is 0. The monoisotopic (exact) mass is 324 g/mol. The highest BCUT2D eigenvalue weighted by atomic mass is 15.3. The van der Waals surface area contributed by atoms with Crippen LogP contribution in [0.5, 0.6) is 0 Å². The van der Waals surface area contributed by atoms with E-state index in [4.69, 9.17) is 0 Å². The lowest BCUT2D eigenvalue weighted by Gasteiger charge is -2.43. The molecule has 2 heterocycles. The molecule has 2 aliphatic heterocycles. The van der Waals surface area contributed by atoms with Crippen LogP contribution in [0.4, 0.5) is 0 Å². The van der Waals surface area contributed by atoms with Crippen molar-refractivity contribution in [2.24, 2.45) is 0 Å². The van der Waals surface area contributed by atoms with E-state index in [1.54, 1.807) is 0 Å². The summed E-state index contributed by atoms with van der Waals surface area (Å²) in [6, 6.07) is 4.08. The van der Waals surface area contributed by atoms with Crippen LogP contribution in [0.2, 0.25) is 0 Å². The minimum Gasteiger partial charge on any atom is -0.310 e. The van der Waals surface area contributed by atoms with Gasteiger partial charge in [-0.3, -0.25) is 9.80 Å². The Labute approximate surface area is 144 Å². The maximum Gasteiger partial charge on any atom is 0.0325 e. The quantitative estimate of drug-likeness (QED) is 0.681. The Morgan fingerprint density at radius 3 is 2.09 bits per heavy atom. The second-order valence-electron chi connectivity index (χ2n) is 8.54. The van der Waals surface area contributed by atoms with E-state index in [2.05, 4.69) is 62.0 Å². The molecule has 0 aromatic rings. The zero-order valence-electron chi connectivity index (χ0n) is 16.3. The lowest BCUT2D eigenvalue weighted by atomic mass is 10.0. The predicted molar refractivity (Wildman–Crippen MR) is 100 cm³/mol. The number of nitrogens with zero attached hydrogens (tertiary/aromatic N) is 2. The summed E-state index contributed by atoms with van der Waals surface area (Å²) in [5, 5.41) is 7.50. The van der Waals surface area contributed by atoms with Gasteiger partial charge in [-0.1, -0.05) is 13.8 Å². The molecule has 2 saturated heterocycles. The molecule has 0 aromatic heterocycles. The summed E-state index contributed by atoms with van der Waals surface area (Å²) in [4.78, 5) is 5.22. The van der Waals surface area contributed by atoms with Crippen LogP contribution in [0.15, 0.2) is 0 Å². The number of likely N-dealkylation sites (tertiary alicyclic amines) is 2. The fourth-order valence-electron chi connectivity index (χ4n) is 3.99. The summed E-state index contributed by atoms with van der Waals surface area (Å²) in [5.74, 6) is 0. The number of nitrogens with one attached hydrogen (secondary N) is 2. The van der Waals surface area contributed by atoms with Crippen molar-refractivity contribution in [3.05, 3.63) is 0 Å². The summed E-state index contributed by atoms with van der Waals surface area (Å²) >= 11 is 0. The van der Waals surface area contributed by atoms with Gasteiger partial charge in [0, 0.05) is 62.4 Å². The van der Waals surface area contributed by atoms with E-state index < -0.39 is 0 Å². The van der Waals surface area contributed by atoms with Gasteiger partial charge in [-0.05, 0) is 47.0 Å². The SMILES string of the molecule is CC(C)N[C@@H]1CCN(C(C)CCC(C)NC2CN(C(C)C)C2)C1. The summed E-state index contributed by atoms with van der Waals surface area (Å²) in [5.41, 5.74) is 0. The van der Waals surface area contributed by atoms with E-state index in [-0.39, 0.29) is 0 Å². The fourth-order valence-corrected chi connectivity index (χ4v) is 3.99. The van der Waals surface area contributed by atoms with Crippen LogP contribution >= 0.6 is 0 Å². The van der Waals surface area contributed by atoms with Gasteiger partial charge in [0.05, 0.1) is 0 Å². The average molecular weight is 325 g/mol. The van der Waals surface area contributed by atoms with Crippen molar-refractivity contribution in [1.82, 2.24) is 20.4 Å². The van der Waals surface area contributed by atoms with Gasteiger partial charge in [0.15, 0.2) is 0 Å². The molecule has 0 saturated carbocycles. The highest BCUT2D eigenvalue weighted by molar-refractivity contribution is 4.90. The minimum absolute atomic E-state index is 0.604. The van der Waals surface area contributed by atoms with Gasteiger partial charge in [-0.15, -0.1) is 0 Å². The summed E-state index contributed by atoms with van der Waals surface area (Å²) in [6.07, 6.45) is 3.91. The van der Waals surface area contributed by atoms with E-state index in [0.29, 0.717) is 36.3 Å². The highest BCUT2D eigenvalue weighted by Crippen LogP contribution is 2.18. The van der Waals surface area contributed by atoms with Gasteiger partial charge in [0.1, 0.15) is 0 Å². The smallest absolute Gasteiger partial charge is 0.0325 e. The zero-order valence-corrected chi connectivity index (χ0v) is 16.3. The normalized spacial score (nSPS) is 26.9. The van der Waals surface area contributed by atoms with E-state index in [1.807, 2.05) is 0 Å². The predicted octanol–water partition coefficient (Wildman–Crippen LogP) is 2.30. The molecule has 0 amide bonds. The van der Waals surface area contributed by atoms with Crippen molar-refractivity contribution >= 4 is 0 Å². The van der Waals surface area contributed by atoms with Crippen LogP contribution in [0.3, 0.4) is 0 Å².